The van der Waals surface area contributed by atoms with Gasteiger partial charge >= 0.3 is 5.97 Å². The van der Waals surface area contributed by atoms with Gasteiger partial charge in [0.05, 0.1) is 12.5 Å². The second-order valence-corrected chi connectivity index (χ2v) is 6.76. The van der Waals surface area contributed by atoms with Gasteiger partial charge in [-0.05, 0) is 36.8 Å². The third-order valence-corrected chi connectivity index (χ3v) is 5.52. The Hall–Kier alpha value is -2.11. The first kappa shape index (κ1) is 16.7. The van der Waals surface area contributed by atoms with Crippen LogP contribution in [-0.4, -0.2) is 42.1 Å². The van der Waals surface area contributed by atoms with Crippen molar-refractivity contribution in [2.45, 2.75) is 32.1 Å². The SMILES string of the molecule is COc1cccc(CCC(=O)N2C[C@@H]3CCC[C@@]3(C(=O)O)C2)c1F. The number of halogens is 1. The zero-order valence-electron chi connectivity index (χ0n) is 13.8. The lowest BCUT2D eigenvalue weighted by Gasteiger charge is -2.23. The minimum absolute atomic E-state index is 0.0486. The van der Waals surface area contributed by atoms with Crippen molar-refractivity contribution in [3.8, 4) is 5.75 Å². The molecule has 0 radical (unpaired) electrons. The zero-order valence-corrected chi connectivity index (χ0v) is 13.8. The van der Waals surface area contributed by atoms with Gasteiger partial charge in [0.25, 0.3) is 0 Å². The van der Waals surface area contributed by atoms with E-state index in [1.54, 1.807) is 23.1 Å². The number of amides is 1. The summed E-state index contributed by atoms with van der Waals surface area (Å²) in [5.41, 5.74) is -0.327. The summed E-state index contributed by atoms with van der Waals surface area (Å²) in [6, 6.07) is 4.88. The second-order valence-electron chi connectivity index (χ2n) is 6.76. The number of likely N-dealkylation sites (tertiary alicyclic amines) is 1. The molecule has 1 saturated carbocycles. The molecule has 1 aliphatic heterocycles. The highest BCUT2D eigenvalue weighted by Crippen LogP contribution is 2.49. The molecule has 0 unspecified atom stereocenters. The van der Waals surface area contributed by atoms with E-state index in [2.05, 4.69) is 0 Å². The van der Waals surface area contributed by atoms with Crippen molar-refractivity contribution in [3.63, 3.8) is 0 Å². The van der Waals surface area contributed by atoms with Crippen molar-refractivity contribution >= 4 is 11.9 Å². The van der Waals surface area contributed by atoms with Crippen molar-refractivity contribution in [1.29, 1.82) is 0 Å². The molecule has 1 saturated heterocycles. The molecule has 24 heavy (non-hydrogen) atoms. The summed E-state index contributed by atoms with van der Waals surface area (Å²) in [7, 11) is 1.40. The number of aryl methyl sites for hydroxylation is 1. The lowest BCUT2D eigenvalue weighted by Crippen LogP contribution is -2.37. The summed E-state index contributed by atoms with van der Waals surface area (Å²) in [5.74, 6) is -1.12. The molecule has 2 atom stereocenters. The van der Waals surface area contributed by atoms with Crippen LogP contribution in [0.5, 0.6) is 5.75 Å². The summed E-state index contributed by atoms with van der Waals surface area (Å²) in [6.07, 6.45) is 2.87. The number of carbonyl (C=O) groups is 2. The number of fused-ring (bicyclic) bond motifs is 1. The number of methoxy groups -OCH3 is 1. The standard InChI is InChI=1S/C18H22FNO4/c1-24-14-6-2-4-12(16(14)19)7-8-15(21)20-10-13-5-3-9-18(13,11-20)17(22)23/h2,4,6,13H,3,5,7-11H2,1H3,(H,22,23)/t13-,18+/m0/s1. The van der Waals surface area contributed by atoms with Crippen molar-refractivity contribution in [1.82, 2.24) is 4.90 Å². The number of hydrogen-bond donors (Lipinski definition) is 1. The van der Waals surface area contributed by atoms with Crippen LogP contribution in [0.3, 0.4) is 0 Å². The van der Waals surface area contributed by atoms with E-state index >= 15 is 0 Å². The van der Waals surface area contributed by atoms with Gasteiger partial charge in [-0.3, -0.25) is 9.59 Å². The summed E-state index contributed by atoms with van der Waals surface area (Å²) in [4.78, 5) is 25.8. The largest absolute Gasteiger partial charge is 0.494 e. The maximum absolute atomic E-state index is 14.1. The van der Waals surface area contributed by atoms with Gasteiger partial charge in [0.1, 0.15) is 0 Å². The van der Waals surface area contributed by atoms with E-state index in [-0.39, 0.29) is 37.0 Å². The maximum Gasteiger partial charge on any atom is 0.311 e. The minimum Gasteiger partial charge on any atom is -0.494 e. The van der Waals surface area contributed by atoms with E-state index in [4.69, 9.17) is 4.74 Å². The van der Waals surface area contributed by atoms with Crippen LogP contribution in [0.1, 0.15) is 31.2 Å². The van der Waals surface area contributed by atoms with Crippen LogP contribution < -0.4 is 4.74 Å². The molecule has 1 heterocycles. The first-order valence-corrected chi connectivity index (χ1v) is 8.30. The van der Waals surface area contributed by atoms with Crippen LogP contribution in [0, 0.1) is 17.2 Å². The Balaban J connectivity index is 1.64. The van der Waals surface area contributed by atoms with Gasteiger partial charge in [-0.1, -0.05) is 18.6 Å². The molecule has 1 amide bonds. The molecule has 0 bridgehead atoms. The zero-order chi connectivity index (χ0) is 17.3. The molecular formula is C18H22FNO4. The van der Waals surface area contributed by atoms with Crippen LogP contribution in [-0.2, 0) is 16.0 Å². The van der Waals surface area contributed by atoms with E-state index in [9.17, 15) is 19.1 Å². The van der Waals surface area contributed by atoms with Gasteiger partial charge in [0, 0.05) is 19.5 Å². The number of carboxylic acid groups (broad SMARTS) is 1. The quantitative estimate of drug-likeness (QED) is 0.898. The molecule has 2 aliphatic rings. The van der Waals surface area contributed by atoms with Crippen LogP contribution in [0.25, 0.3) is 0 Å². The van der Waals surface area contributed by atoms with Crippen LogP contribution >= 0.6 is 0 Å². The average Bonchev–Trinajstić information content (AvgIpc) is 3.12. The molecule has 2 fully saturated rings. The van der Waals surface area contributed by atoms with E-state index in [0.29, 0.717) is 18.5 Å². The van der Waals surface area contributed by atoms with Gasteiger partial charge in [-0.25, -0.2) is 4.39 Å². The number of carbonyl (C=O) groups excluding carboxylic acids is 1. The van der Waals surface area contributed by atoms with Crippen molar-refractivity contribution in [2.24, 2.45) is 11.3 Å². The predicted octanol–water partition coefficient (Wildman–Crippen LogP) is 2.48. The summed E-state index contributed by atoms with van der Waals surface area (Å²) < 4.78 is 19.1. The highest BCUT2D eigenvalue weighted by Gasteiger charge is 2.55. The van der Waals surface area contributed by atoms with Crippen molar-refractivity contribution in [3.05, 3.63) is 29.6 Å². The number of benzene rings is 1. The number of aliphatic carboxylic acids is 1. The fourth-order valence-corrected chi connectivity index (χ4v) is 4.14. The van der Waals surface area contributed by atoms with Gasteiger partial charge in [0.15, 0.2) is 11.6 Å². The molecule has 0 spiro atoms. The molecule has 130 valence electrons. The van der Waals surface area contributed by atoms with Crippen LogP contribution in [0.4, 0.5) is 4.39 Å². The number of rotatable bonds is 5. The lowest BCUT2D eigenvalue weighted by molar-refractivity contribution is -0.149. The van der Waals surface area contributed by atoms with E-state index in [1.165, 1.54) is 7.11 Å². The topological polar surface area (TPSA) is 66.8 Å². The average molecular weight is 335 g/mol. The Bertz CT molecular complexity index is 662. The normalized spacial score (nSPS) is 25.6. The Morgan fingerprint density at radius 2 is 2.25 bits per heavy atom. The van der Waals surface area contributed by atoms with Crippen LogP contribution in [0.15, 0.2) is 18.2 Å². The second kappa shape index (κ2) is 6.42. The van der Waals surface area contributed by atoms with Crippen LogP contribution in [0.2, 0.25) is 0 Å². The van der Waals surface area contributed by atoms with E-state index in [1.807, 2.05) is 0 Å². The molecule has 6 heteroatoms. The summed E-state index contributed by atoms with van der Waals surface area (Å²) in [6.45, 7) is 0.790. The van der Waals surface area contributed by atoms with Gasteiger partial charge in [0.2, 0.25) is 5.91 Å². The van der Waals surface area contributed by atoms with Crippen molar-refractivity contribution < 1.29 is 23.8 Å². The monoisotopic (exact) mass is 335 g/mol. The highest BCUT2D eigenvalue weighted by atomic mass is 19.1. The molecule has 5 nitrogen and oxygen atoms in total. The molecule has 1 aromatic rings. The Morgan fingerprint density at radius 1 is 1.46 bits per heavy atom. The third-order valence-electron chi connectivity index (χ3n) is 5.52. The number of nitrogens with zero attached hydrogens (tertiary/aromatic N) is 1. The lowest BCUT2D eigenvalue weighted by atomic mass is 9.81. The van der Waals surface area contributed by atoms with Gasteiger partial charge in [-0.2, -0.15) is 0 Å². The third kappa shape index (κ3) is 2.74. The molecule has 3 rings (SSSR count). The van der Waals surface area contributed by atoms with Gasteiger partial charge in [-0.15, -0.1) is 0 Å². The minimum atomic E-state index is -0.792. The maximum atomic E-state index is 14.1. The highest BCUT2D eigenvalue weighted by molar-refractivity contribution is 5.81. The van der Waals surface area contributed by atoms with Crippen molar-refractivity contribution in [2.75, 3.05) is 20.2 Å². The molecular weight excluding hydrogens is 313 g/mol. The predicted molar refractivity (Wildman–Crippen MR) is 85.3 cm³/mol. The first-order chi connectivity index (χ1) is 11.5. The fourth-order valence-electron chi connectivity index (χ4n) is 4.14. The Labute approximate surface area is 140 Å². The van der Waals surface area contributed by atoms with E-state index in [0.717, 1.165) is 12.8 Å². The number of carboxylic acids is 1. The summed E-state index contributed by atoms with van der Waals surface area (Å²) >= 11 is 0. The smallest absolute Gasteiger partial charge is 0.311 e. The fraction of sp³-hybridized carbons (Fsp3) is 0.556. The molecule has 1 N–H and O–H groups in total. The Morgan fingerprint density at radius 3 is 2.92 bits per heavy atom. The first-order valence-electron chi connectivity index (χ1n) is 8.30. The molecule has 1 aromatic carbocycles. The summed E-state index contributed by atoms with van der Waals surface area (Å²) in [5, 5.41) is 9.57. The Kier molecular flexibility index (Phi) is 4.47. The van der Waals surface area contributed by atoms with E-state index < -0.39 is 17.2 Å². The molecule has 1 aliphatic carbocycles. The molecule has 0 aromatic heterocycles. The van der Waals surface area contributed by atoms with Gasteiger partial charge < -0.3 is 14.7 Å². The number of ether oxygens (including phenoxy) is 1. The number of hydrogen-bond acceptors (Lipinski definition) is 3.